The number of nitrogens with one attached hydrogen (secondary N) is 1. The number of carbonyl (C=O) groups is 1. The van der Waals surface area contributed by atoms with Crippen LogP contribution in [0.3, 0.4) is 0 Å². The van der Waals surface area contributed by atoms with E-state index in [1.807, 2.05) is 36.4 Å². The van der Waals surface area contributed by atoms with E-state index in [1.54, 1.807) is 26.2 Å². The van der Waals surface area contributed by atoms with Crippen molar-refractivity contribution in [3.05, 3.63) is 59.7 Å². The highest BCUT2D eigenvalue weighted by molar-refractivity contribution is 5.92. The molecule has 4 heteroatoms. The third-order valence-electron chi connectivity index (χ3n) is 3.18. The molecule has 0 saturated heterocycles. The average molecular weight is 285 g/mol. The molecule has 0 spiro atoms. The van der Waals surface area contributed by atoms with Gasteiger partial charge in [-0.25, -0.2) is 0 Å². The number of aliphatic hydroxyl groups is 1. The molecule has 0 aliphatic carbocycles. The van der Waals surface area contributed by atoms with Crippen LogP contribution in [0.25, 0.3) is 0 Å². The summed E-state index contributed by atoms with van der Waals surface area (Å²) in [5.74, 6) is 0.673. The minimum atomic E-state index is -0.552. The van der Waals surface area contributed by atoms with Gasteiger partial charge in [0.15, 0.2) is 0 Å². The zero-order valence-electron chi connectivity index (χ0n) is 12.2. The first kappa shape index (κ1) is 15.1. The lowest BCUT2D eigenvalue weighted by Crippen LogP contribution is -2.14. The molecule has 4 nitrogen and oxygen atoms in total. The summed E-state index contributed by atoms with van der Waals surface area (Å²) in [6.45, 7) is 1.69. The van der Waals surface area contributed by atoms with E-state index >= 15 is 0 Å². The molecule has 0 aliphatic heterocycles. The van der Waals surface area contributed by atoms with Crippen molar-refractivity contribution < 1.29 is 14.6 Å². The lowest BCUT2D eigenvalue weighted by atomic mass is 10.1. The largest absolute Gasteiger partial charge is 0.497 e. The molecule has 0 fully saturated rings. The summed E-state index contributed by atoms with van der Waals surface area (Å²) in [5, 5.41) is 12.4. The van der Waals surface area contributed by atoms with Gasteiger partial charge in [-0.2, -0.15) is 0 Å². The Kier molecular flexibility index (Phi) is 4.95. The molecule has 0 heterocycles. The van der Waals surface area contributed by atoms with Crippen molar-refractivity contribution in [1.29, 1.82) is 0 Å². The van der Waals surface area contributed by atoms with Crippen LogP contribution >= 0.6 is 0 Å². The molecule has 21 heavy (non-hydrogen) atoms. The zero-order chi connectivity index (χ0) is 15.2. The van der Waals surface area contributed by atoms with Gasteiger partial charge in [0.1, 0.15) is 5.75 Å². The number of hydrogen-bond acceptors (Lipinski definition) is 3. The number of ether oxygens (including phenoxy) is 1. The van der Waals surface area contributed by atoms with Gasteiger partial charge < -0.3 is 15.2 Å². The zero-order valence-corrected chi connectivity index (χ0v) is 12.2. The number of hydrogen-bond donors (Lipinski definition) is 2. The van der Waals surface area contributed by atoms with Gasteiger partial charge in [0.25, 0.3) is 0 Å². The molecule has 2 aromatic rings. The van der Waals surface area contributed by atoms with Crippen molar-refractivity contribution >= 4 is 11.6 Å². The van der Waals surface area contributed by atoms with Crippen LogP contribution in [0.2, 0.25) is 0 Å². The molecule has 1 amide bonds. The van der Waals surface area contributed by atoms with E-state index in [0.29, 0.717) is 12.1 Å². The highest BCUT2D eigenvalue weighted by Gasteiger charge is 2.06. The van der Waals surface area contributed by atoms with E-state index in [4.69, 9.17) is 4.74 Å². The number of methoxy groups -OCH3 is 1. The number of anilines is 1. The summed E-state index contributed by atoms with van der Waals surface area (Å²) in [6.07, 6.45) is -0.258. The third-order valence-corrected chi connectivity index (χ3v) is 3.18. The van der Waals surface area contributed by atoms with Crippen molar-refractivity contribution in [2.24, 2.45) is 0 Å². The van der Waals surface area contributed by atoms with E-state index < -0.39 is 6.10 Å². The maximum absolute atomic E-state index is 12.0. The second-order valence-corrected chi connectivity index (χ2v) is 4.87. The number of benzene rings is 2. The molecule has 0 radical (unpaired) electrons. The number of amides is 1. The van der Waals surface area contributed by atoms with Gasteiger partial charge in [-0.05, 0) is 42.3 Å². The number of rotatable bonds is 5. The second-order valence-electron chi connectivity index (χ2n) is 4.87. The maximum Gasteiger partial charge on any atom is 0.228 e. The normalized spacial score (nSPS) is 11.8. The first-order valence-corrected chi connectivity index (χ1v) is 6.79. The highest BCUT2D eigenvalue weighted by atomic mass is 16.5. The van der Waals surface area contributed by atoms with Gasteiger partial charge in [0.05, 0.1) is 19.6 Å². The Hall–Kier alpha value is -2.33. The van der Waals surface area contributed by atoms with Crippen molar-refractivity contribution in [2.75, 3.05) is 12.4 Å². The van der Waals surface area contributed by atoms with Crippen LogP contribution in [0, 0.1) is 0 Å². The SMILES string of the molecule is COc1ccc(CC(=O)Nc2cccc([C@H](C)O)c2)cc1. The van der Waals surface area contributed by atoms with Crippen LogP contribution in [-0.4, -0.2) is 18.1 Å². The number of aliphatic hydroxyl groups excluding tert-OH is 1. The second kappa shape index (κ2) is 6.90. The molecule has 1 atom stereocenters. The Bertz CT molecular complexity index is 606. The van der Waals surface area contributed by atoms with Crippen molar-refractivity contribution in [3.8, 4) is 5.75 Å². The van der Waals surface area contributed by atoms with E-state index in [9.17, 15) is 9.90 Å². The molecule has 0 bridgehead atoms. The van der Waals surface area contributed by atoms with Gasteiger partial charge in [-0.1, -0.05) is 24.3 Å². The fourth-order valence-corrected chi connectivity index (χ4v) is 2.01. The Balaban J connectivity index is 1.99. The van der Waals surface area contributed by atoms with E-state index in [-0.39, 0.29) is 5.91 Å². The molecule has 0 aliphatic rings. The minimum absolute atomic E-state index is 0.0945. The van der Waals surface area contributed by atoms with Gasteiger partial charge >= 0.3 is 0 Å². The monoisotopic (exact) mass is 285 g/mol. The topological polar surface area (TPSA) is 58.6 Å². The first-order chi connectivity index (χ1) is 10.1. The smallest absolute Gasteiger partial charge is 0.228 e. The van der Waals surface area contributed by atoms with Crippen LogP contribution in [0.1, 0.15) is 24.2 Å². The Morgan fingerprint density at radius 2 is 1.95 bits per heavy atom. The van der Waals surface area contributed by atoms with E-state index in [2.05, 4.69) is 5.32 Å². The van der Waals surface area contributed by atoms with Crippen molar-refractivity contribution in [1.82, 2.24) is 0 Å². The van der Waals surface area contributed by atoms with Gasteiger partial charge in [-0.3, -0.25) is 4.79 Å². The fraction of sp³-hybridized carbons (Fsp3) is 0.235. The summed E-state index contributed by atoms with van der Waals surface area (Å²) in [5.41, 5.74) is 2.38. The lowest BCUT2D eigenvalue weighted by molar-refractivity contribution is -0.115. The maximum atomic E-state index is 12.0. The molecular formula is C17H19NO3. The highest BCUT2D eigenvalue weighted by Crippen LogP contribution is 2.17. The molecular weight excluding hydrogens is 266 g/mol. The summed E-state index contributed by atoms with van der Waals surface area (Å²) in [6, 6.07) is 14.6. The third kappa shape index (κ3) is 4.33. The molecule has 0 unspecified atom stereocenters. The summed E-state index contributed by atoms with van der Waals surface area (Å²) < 4.78 is 5.08. The summed E-state index contributed by atoms with van der Waals surface area (Å²) in [4.78, 5) is 12.0. The van der Waals surface area contributed by atoms with Crippen LogP contribution in [-0.2, 0) is 11.2 Å². The quantitative estimate of drug-likeness (QED) is 0.888. The summed E-state index contributed by atoms with van der Waals surface area (Å²) >= 11 is 0. The summed E-state index contributed by atoms with van der Waals surface area (Å²) in [7, 11) is 1.61. The predicted molar refractivity (Wildman–Crippen MR) is 82.4 cm³/mol. The van der Waals surface area contributed by atoms with Gasteiger partial charge in [0, 0.05) is 5.69 Å². The van der Waals surface area contributed by atoms with Crippen LogP contribution in [0.15, 0.2) is 48.5 Å². The van der Waals surface area contributed by atoms with Crippen molar-refractivity contribution in [2.45, 2.75) is 19.4 Å². The van der Waals surface area contributed by atoms with Crippen LogP contribution in [0.4, 0.5) is 5.69 Å². The average Bonchev–Trinajstić information content (AvgIpc) is 2.48. The Morgan fingerprint density at radius 3 is 2.57 bits per heavy atom. The van der Waals surface area contributed by atoms with Gasteiger partial charge in [0.2, 0.25) is 5.91 Å². The molecule has 2 rings (SSSR count). The predicted octanol–water partition coefficient (Wildman–Crippen LogP) is 2.93. The lowest BCUT2D eigenvalue weighted by Gasteiger charge is -2.09. The molecule has 110 valence electrons. The fourth-order valence-electron chi connectivity index (χ4n) is 2.01. The molecule has 2 N–H and O–H groups in total. The van der Waals surface area contributed by atoms with Crippen molar-refractivity contribution in [3.63, 3.8) is 0 Å². The Morgan fingerprint density at radius 1 is 1.24 bits per heavy atom. The van der Waals surface area contributed by atoms with Gasteiger partial charge in [-0.15, -0.1) is 0 Å². The minimum Gasteiger partial charge on any atom is -0.497 e. The standard InChI is InChI=1S/C17H19NO3/c1-12(19)14-4-3-5-15(11-14)18-17(20)10-13-6-8-16(21-2)9-7-13/h3-9,11-12,19H,10H2,1-2H3,(H,18,20)/t12-/m0/s1. The van der Waals surface area contributed by atoms with E-state index in [0.717, 1.165) is 16.9 Å². The van der Waals surface area contributed by atoms with Crippen LogP contribution < -0.4 is 10.1 Å². The van der Waals surface area contributed by atoms with Crippen LogP contribution in [0.5, 0.6) is 5.75 Å². The molecule has 2 aromatic carbocycles. The van der Waals surface area contributed by atoms with E-state index in [1.165, 1.54) is 0 Å². The Labute approximate surface area is 124 Å². The molecule has 0 saturated carbocycles. The number of carbonyl (C=O) groups excluding carboxylic acids is 1. The first-order valence-electron chi connectivity index (χ1n) is 6.79. The molecule has 0 aromatic heterocycles.